The number of esters is 2. The molecule has 0 saturated heterocycles. The van der Waals surface area contributed by atoms with E-state index in [9.17, 15) is 24.3 Å². The number of aliphatic hydroxyl groups is 1. The summed E-state index contributed by atoms with van der Waals surface area (Å²) in [6.45, 7) is 8.61. The molecule has 0 aromatic carbocycles. The smallest absolute Gasteiger partial charge is 0.306 e. The molecule has 0 amide bonds. The van der Waals surface area contributed by atoms with E-state index < -0.39 is 51.7 Å². The van der Waals surface area contributed by atoms with E-state index in [-0.39, 0.29) is 42.8 Å². The lowest BCUT2D eigenvalue weighted by atomic mass is 9.45. The number of aliphatic hydroxyl groups excluding tert-OH is 1. The van der Waals surface area contributed by atoms with Crippen LogP contribution in [0.25, 0.3) is 0 Å². The van der Waals surface area contributed by atoms with Crippen molar-refractivity contribution in [1.29, 1.82) is 0 Å². The Morgan fingerprint density at radius 2 is 1.81 bits per heavy atom. The van der Waals surface area contributed by atoms with Crippen molar-refractivity contribution < 1.29 is 33.8 Å². The third-order valence-electron chi connectivity index (χ3n) is 9.81. The molecule has 4 rings (SSSR count). The number of Topliss-reactive ketones (excluding diaryl/α,β-unsaturated/α-hetero) is 1. The van der Waals surface area contributed by atoms with Crippen LogP contribution in [0.3, 0.4) is 0 Å². The Labute approximate surface area is 217 Å². The first kappa shape index (κ1) is 27.1. The molecule has 0 radical (unpaired) electrons. The van der Waals surface area contributed by atoms with Crippen LogP contribution in [0, 0.1) is 28.6 Å². The highest BCUT2D eigenvalue weighted by Crippen LogP contribution is 2.72. The van der Waals surface area contributed by atoms with Crippen LogP contribution >= 0.6 is 11.6 Å². The molecule has 3 fully saturated rings. The number of fused-ring (bicyclic) bond motifs is 5. The number of allylic oxidation sites excluding steroid dienone is 4. The van der Waals surface area contributed by atoms with Crippen molar-refractivity contribution in [3.63, 3.8) is 0 Å². The second-order valence-electron chi connectivity index (χ2n) is 11.4. The molecule has 4 aliphatic carbocycles. The zero-order valence-electron chi connectivity index (χ0n) is 21.8. The number of halogens is 1. The van der Waals surface area contributed by atoms with Gasteiger partial charge in [0.15, 0.2) is 18.0 Å². The summed E-state index contributed by atoms with van der Waals surface area (Å²) in [7, 11) is 0. The van der Waals surface area contributed by atoms with Crippen LogP contribution in [0.2, 0.25) is 0 Å². The molecule has 0 aliphatic heterocycles. The molecule has 36 heavy (non-hydrogen) atoms. The molecule has 0 aromatic heterocycles. The first-order chi connectivity index (χ1) is 16.8. The lowest BCUT2D eigenvalue weighted by molar-refractivity contribution is -0.203. The van der Waals surface area contributed by atoms with E-state index >= 15 is 0 Å². The summed E-state index contributed by atoms with van der Waals surface area (Å²) in [5.41, 5.74) is -2.27. The maximum absolute atomic E-state index is 13.9. The minimum absolute atomic E-state index is 0.0801. The molecule has 198 valence electrons. The van der Waals surface area contributed by atoms with Gasteiger partial charge in [-0.15, -0.1) is 11.6 Å². The fourth-order valence-corrected chi connectivity index (χ4v) is 8.53. The van der Waals surface area contributed by atoms with Gasteiger partial charge in [0.2, 0.25) is 5.78 Å². The number of rotatable bonds is 6. The minimum Gasteiger partial charge on any atom is -0.457 e. The molecule has 1 N–H and O–H groups in total. The van der Waals surface area contributed by atoms with E-state index in [1.165, 1.54) is 6.08 Å². The topological polar surface area (TPSA) is 107 Å². The number of carbonyl (C=O) groups excluding carboxylic acids is 4. The van der Waals surface area contributed by atoms with Crippen LogP contribution in [-0.2, 0) is 28.7 Å². The van der Waals surface area contributed by atoms with Crippen molar-refractivity contribution in [2.24, 2.45) is 28.6 Å². The number of hydrogen-bond donors (Lipinski definition) is 1. The maximum Gasteiger partial charge on any atom is 0.306 e. The van der Waals surface area contributed by atoms with E-state index in [0.717, 1.165) is 5.57 Å². The Morgan fingerprint density at radius 3 is 2.44 bits per heavy atom. The summed E-state index contributed by atoms with van der Waals surface area (Å²) in [5.74, 6) is -2.24. The van der Waals surface area contributed by atoms with Gasteiger partial charge in [-0.3, -0.25) is 19.2 Å². The molecule has 2 unspecified atom stereocenters. The summed E-state index contributed by atoms with van der Waals surface area (Å²) in [6, 6.07) is 0. The molecule has 0 spiro atoms. The predicted molar refractivity (Wildman–Crippen MR) is 133 cm³/mol. The van der Waals surface area contributed by atoms with Gasteiger partial charge >= 0.3 is 11.9 Å². The second kappa shape index (κ2) is 9.09. The van der Waals surface area contributed by atoms with Gasteiger partial charge in [-0.2, -0.15) is 0 Å². The highest BCUT2D eigenvalue weighted by Gasteiger charge is 2.76. The number of ether oxygens (including phenoxy) is 2. The lowest BCUT2D eigenvalue weighted by Crippen LogP contribution is -2.69. The first-order valence-electron chi connectivity index (χ1n) is 13.0. The average Bonchev–Trinajstić information content (AvgIpc) is 3.05. The lowest BCUT2D eigenvalue weighted by Gasteiger charge is -2.64. The number of alkyl halides is 1. The first-order valence-corrected chi connectivity index (χ1v) is 13.4. The average molecular weight is 521 g/mol. The fraction of sp³-hybridized carbons (Fsp3) is 0.714. The van der Waals surface area contributed by atoms with Crippen LogP contribution in [0.15, 0.2) is 23.8 Å². The molecule has 7 nitrogen and oxygen atoms in total. The van der Waals surface area contributed by atoms with Gasteiger partial charge in [0.05, 0.1) is 11.0 Å². The predicted octanol–water partition coefficient (Wildman–Crippen LogP) is 4.09. The molecule has 3 saturated carbocycles. The zero-order chi connectivity index (χ0) is 26.7. The van der Waals surface area contributed by atoms with Crippen LogP contribution in [0.4, 0.5) is 0 Å². The highest BCUT2D eigenvalue weighted by molar-refractivity contribution is 6.26. The SMILES string of the molecule is CCC(=O)OCC(=O)[C@@]1(OC(=O)CC)[C@@H](C)CC2C3CCC4=CC(=O)C=C[C@]4(C)[C@@]3(Cl)[C@@H](O)C[C@@]21C. The standard InChI is InChI=1S/C28H37ClO7/c1-6-23(33)35-15-22(32)28(36-24(34)7-2)16(3)12-20-19-9-8-17-13-18(30)10-11-25(17,4)27(19,29)21(31)14-26(20,28)5/h10-11,13,16,19-21,31H,6-9,12,14-15H2,1-5H3/t16-,19?,20?,21-,25-,26-,27-,28-/m0/s1. The number of carbonyl (C=O) groups is 4. The van der Waals surface area contributed by atoms with Gasteiger partial charge in [0.25, 0.3) is 0 Å². The van der Waals surface area contributed by atoms with E-state index in [1.54, 1.807) is 19.9 Å². The van der Waals surface area contributed by atoms with Crippen LogP contribution in [0.1, 0.15) is 73.1 Å². The Kier molecular flexibility index (Phi) is 6.83. The summed E-state index contributed by atoms with van der Waals surface area (Å²) >= 11 is 7.48. The number of ketones is 2. The Morgan fingerprint density at radius 1 is 1.14 bits per heavy atom. The van der Waals surface area contributed by atoms with Crippen molar-refractivity contribution in [2.45, 2.75) is 89.7 Å². The maximum atomic E-state index is 13.9. The quantitative estimate of drug-likeness (QED) is 0.415. The van der Waals surface area contributed by atoms with Crippen molar-refractivity contribution in [2.75, 3.05) is 6.61 Å². The molecule has 4 aliphatic rings. The molecule has 0 aromatic rings. The molecular formula is C28H37ClO7. The third-order valence-corrected chi connectivity index (χ3v) is 10.7. The summed E-state index contributed by atoms with van der Waals surface area (Å²) in [4.78, 5) is 49.5. The normalized spacial score (nSPS) is 43.1. The van der Waals surface area contributed by atoms with Gasteiger partial charge in [-0.25, -0.2) is 0 Å². The van der Waals surface area contributed by atoms with Crippen LogP contribution in [0.5, 0.6) is 0 Å². The van der Waals surface area contributed by atoms with Gasteiger partial charge in [0, 0.05) is 29.6 Å². The van der Waals surface area contributed by atoms with E-state index in [2.05, 4.69) is 0 Å². The van der Waals surface area contributed by atoms with Crippen molar-refractivity contribution in [3.8, 4) is 0 Å². The fourth-order valence-electron chi connectivity index (χ4n) is 8.01. The van der Waals surface area contributed by atoms with Gasteiger partial charge in [-0.1, -0.05) is 46.3 Å². The molecule has 0 bridgehead atoms. The monoisotopic (exact) mass is 520 g/mol. The second-order valence-corrected chi connectivity index (χ2v) is 12.0. The van der Waals surface area contributed by atoms with Crippen molar-refractivity contribution in [1.82, 2.24) is 0 Å². The Balaban J connectivity index is 1.80. The minimum atomic E-state index is -1.55. The van der Waals surface area contributed by atoms with Gasteiger partial charge in [-0.05, 0) is 49.7 Å². The molecule has 8 atom stereocenters. The Bertz CT molecular complexity index is 1050. The number of hydrogen-bond acceptors (Lipinski definition) is 7. The molecule has 8 heteroatoms. The molecular weight excluding hydrogens is 484 g/mol. The van der Waals surface area contributed by atoms with Crippen molar-refractivity contribution in [3.05, 3.63) is 23.8 Å². The Hall–Kier alpha value is -1.99. The zero-order valence-corrected chi connectivity index (χ0v) is 22.5. The van der Waals surface area contributed by atoms with E-state index in [1.807, 2.05) is 26.8 Å². The third kappa shape index (κ3) is 3.48. The summed E-state index contributed by atoms with van der Waals surface area (Å²) in [5, 5.41) is 11.8. The summed E-state index contributed by atoms with van der Waals surface area (Å²) in [6.07, 6.45) is 6.18. The van der Waals surface area contributed by atoms with E-state index in [0.29, 0.717) is 19.3 Å². The van der Waals surface area contributed by atoms with Gasteiger partial charge < -0.3 is 14.6 Å². The largest absolute Gasteiger partial charge is 0.457 e. The van der Waals surface area contributed by atoms with Gasteiger partial charge in [0.1, 0.15) is 0 Å². The highest BCUT2D eigenvalue weighted by atomic mass is 35.5. The van der Waals surface area contributed by atoms with Crippen LogP contribution in [-0.4, -0.2) is 51.8 Å². The van der Waals surface area contributed by atoms with Crippen molar-refractivity contribution >= 4 is 35.1 Å². The molecule has 0 heterocycles. The van der Waals surface area contributed by atoms with Crippen LogP contribution < -0.4 is 0 Å². The summed E-state index contributed by atoms with van der Waals surface area (Å²) < 4.78 is 11.3. The van der Waals surface area contributed by atoms with E-state index in [4.69, 9.17) is 21.1 Å².